The molecule has 0 aliphatic carbocycles. The van der Waals surface area contributed by atoms with Crippen molar-refractivity contribution in [3.8, 4) is 11.1 Å². The summed E-state index contributed by atoms with van der Waals surface area (Å²) in [6.07, 6.45) is -5.21. The third-order valence-electron chi connectivity index (χ3n) is 4.33. The Morgan fingerprint density at radius 3 is 2.23 bits per heavy atom. The highest BCUT2D eigenvalue weighted by Crippen LogP contribution is 2.39. The third kappa shape index (κ3) is 4.05. The quantitative estimate of drug-likeness (QED) is 0.245. The minimum Gasteiger partial charge on any atom is -0.461 e. The molecule has 1 aromatic heterocycles. The molecule has 0 saturated heterocycles. The molecule has 0 radical (unpaired) electrons. The van der Waals surface area contributed by atoms with Crippen molar-refractivity contribution in [2.45, 2.75) is 19.0 Å². The van der Waals surface area contributed by atoms with Gasteiger partial charge in [0.25, 0.3) is 5.78 Å². The van der Waals surface area contributed by atoms with Gasteiger partial charge in [-0.1, -0.05) is 30.3 Å². The number of esters is 1. The maximum Gasteiger partial charge on any atom is 0.454 e. The molecule has 0 aliphatic heterocycles. The van der Waals surface area contributed by atoms with Gasteiger partial charge in [0.15, 0.2) is 0 Å². The Balaban J connectivity index is 2.44. The maximum absolute atomic E-state index is 14.9. The lowest BCUT2D eigenvalue weighted by Crippen LogP contribution is -2.34. The summed E-state index contributed by atoms with van der Waals surface area (Å²) in [5.41, 5.74) is -4.71. The summed E-state index contributed by atoms with van der Waals surface area (Å²) < 4.78 is 77.7. The first-order chi connectivity index (χ1) is 14.5. The van der Waals surface area contributed by atoms with E-state index in [1.807, 2.05) is 0 Å². The van der Waals surface area contributed by atoms with E-state index < -0.39 is 52.8 Å². The van der Waals surface area contributed by atoms with Crippen molar-refractivity contribution in [2.75, 3.05) is 6.61 Å². The second-order valence-electron chi connectivity index (χ2n) is 6.34. The fraction of sp³-hybridized carbons (Fsp3) is 0.190. The number of rotatable bonds is 5. The Bertz CT molecular complexity index is 1210. The first kappa shape index (κ1) is 22.1. The van der Waals surface area contributed by atoms with Crippen molar-refractivity contribution in [3.63, 3.8) is 0 Å². The van der Waals surface area contributed by atoms with E-state index in [1.165, 1.54) is 31.2 Å². The lowest BCUT2D eigenvalue weighted by molar-refractivity contribution is -0.173. The molecule has 162 valence electrons. The van der Waals surface area contributed by atoms with Crippen LogP contribution in [0, 0.1) is 0 Å². The summed E-state index contributed by atoms with van der Waals surface area (Å²) in [6, 6.07) is 9.40. The number of benzene rings is 2. The largest absolute Gasteiger partial charge is 0.461 e. The average molecular weight is 440 g/mol. The van der Waals surface area contributed by atoms with Crippen molar-refractivity contribution < 1.29 is 40.7 Å². The fourth-order valence-electron chi connectivity index (χ4n) is 3.02. The van der Waals surface area contributed by atoms with Gasteiger partial charge in [-0.15, -0.1) is 0 Å². The number of carbonyl (C=O) groups excluding carboxylic acids is 2. The number of alkyl halides is 5. The molecule has 3 aromatic rings. The topological polar surface area (TPSA) is 73.6 Å². The Kier molecular flexibility index (Phi) is 5.66. The minimum atomic E-state index is -5.21. The normalized spacial score (nSPS) is 12.1. The molecule has 3 rings (SSSR count). The molecular formula is C21H13F5O5. The van der Waals surface area contributed by atoms with Crippen LogP contribution in [0.3, 0.4) is 0 Å². The number of hydrogen-bond donors (Lipinski definition) is 0. The van der Waals surface area contributed by atoms with Crippen LogP contribution in [0.1, 0.15) is 22.8 Å². The number of ether oxygens (including phenoxy) is 1. The first-order valence-electron chi connectivity index (χ1n) is 8.81. The molecule has 0 spiro atoms. The summed E-state index contributed by atoms with van der Waals surface area (Å²) in [5, 5.41) is -0.375. The smallest absolute Gasteiger partial charge is 0.454 e. The van der Waals surface area contributed by atoms with Crippen LogP contribution in [-0.4, -0.2) is 24.5 Å². The van der Waals surface area contributed by atoms with Crippen molar-refractivity contribution in [1.29, 1.82) is 0 Å². The number of Topliss-reactive ketones (excluding diaryl/α,β-unsaturated/α-hetero) is 1. The Morgan fingerprint density at radius 1 is 1.00 bits per heavy atom. The van der Waals surface area contributed by atoms with Crippen LogP contribution in [0.4, 0.5) is 22.0 Å². The van der Waals surface area contributed by atoms with E-state index in [9.17, 15) is 36.3 Å². The summed E-state index contributed by atoms with van der Waals surface area (Å²) in [5.74, 6) is -8.71. The van der Waals surface area contributed by atoms with E-state index in [1.54, 1.807) is 6.07 Å². The Labute approximate surface area is 171 Å². The van der Waals surface area contributed by atoms with Crippen LogP contribution in [0.15, 0.2) is 57.7 Å². The molecule has 1 heterocycles. The summed E-state index contributed by atoms with van der Waals surface area (Å²) in [6.45, 7) is 0.877. The summed E-state index contributed by atoms with van der Waals surface area (Å²) in [4.78, 5) is 36.0. The van der Waals surface area contributed by atoms with Gasteiger partial charge in [0, 0.05) is 16.5 Å². The highest BCUT2D eigenvalue weighted by atomic mass is 19.4. The van der Waals surface area contributed by atoms with Gasteiger partial charge in [-0.2, -0.15) is 22.0 Å². The van der Waals surface area contributed by atoms with E-state index in [4.69, 9.17) is 4.42 Å². The molecule has 0 amide bonds. The number of ketones is 1. The number of fused-ring (bicyclic) bond motifs is 1. The Hall–Kier alpha value is -3.56. The van der Waals surface area contributed by atoms with Gasteiger partial charge in [-0.05, 0) is 30.7 Å². The lowest BCUT2D eigenvalue weighted by atomic mass is 9.92. The zero-order valence-electron chi connectivity index (χ0n) is 15.8. The van der Waals surface area contributed by atoms with Crippen LogP contribution in [-0.2, 0) is 15.5 Å². The second-order valence-corrected chi connectivity index (χ2v) is 6.34. The number of halogens is 5. The second kappa shape index (κ2) is 7.93. The summed E-state index contributed by atoms with van der Waals surface area (Å²) in [7, 11) is 0. The molecule has 10 heteroatoms. The van der Waals surface area contributed by atoms with Crippen LogP contribution >= 0.6 is 0 Å². The average Bonchev–Trinajstić information content (AvgIpc) is 2.71. The standard InChI is InChI=1S/C21H13F5O5/c1-2-30-19(29)20(22,23)16-15(11-6-4-3-5-7-11)13-10-12(17(27)21(24,25)26)8-9-14(13)31-18(16)28/h3-10H,2H2,1H3. The van der Waals surface area contributed by atoms with E-state index in [0.29, 0.717) is 6.07 Å². The van der Waals surface area contributed by atoms with Gasteiger partial charge in [0.05, 0.1) is 6.61 Å². The van der Waals surface area contributed by atoms with Gasteiger partial charge in [-0.25, -0.2) is 9.59 Å². The predicted octanol–water partition coefficient (Wildman–Crippen LogP) is 4.86. The zero-order chi connectivity index (χ0) is 23.0. The van der Waals surface area contributed by atoms with E-state index in [2.05, 4.69) is 4.74 Å². The van der Waals surface area contributed by atoms with Gasteiger partial charge in [-0.3, -0.25) is 4.79 Å². The minimum absolute atomic E-state index is 0.00372. The molecule has 0 bridgehead atoms. The van der Waals surface area contributed by atoms with Crippen LogP contribution in [0.25, 0.3) is 22.1 Å². The molecule has 31 heavy (non-hydrogen) atoms. The van der Waals surface area contributed by atoms with Crippen molar-refractivity contribution in [3.05, 3.63) is 70.1 Å². The third-order valence-corrected chi connectivity index (χ3v) is 4.33. The zero-order valence-corrected chi connectivity index (χ0v) is 15.8. The fourth-order valence-corrected chi connectivity index (χ4v) is 3.02. The molecule has 0 fully saturated rings. The van der Waals surface area contributed by atoms with Crippen molar-refractivity contribution >= 4 is 22.7 Å². The van der Waals surface area contributed by atoms with Crippen LogP contribution in [0.2, 0.25) is 0 Å². The Morgan fingerprint density at radius 2 is 1.65 bits per heavy atom. The molecule has 0 saturated carbocycles. The molecule has 0 aliphatic rings. The molecule has 2 aromatic carbocycles. The maximum atomic E-state index is 14.9. The van der Waals surface area contributed by atoms with E-state index in [0.717, 1.165) is 12.1 Å². The number of carbonyl (C=O) groups is 2. The molecule has 0 unspecified atom stereocenters. The highest BCUT2D eigenvalue weighted by molar-refractivity contribution is 6.05. The predicted molar refractivity (Wildman–Crippen MR) is 98.8 cm³/mol. The van der Waals surface area contributed by atoms with Crippen LogP contribution in [0.5, 0.6) is 0 Å². The van der Waals surface area contributed by atoms with Gasteiger partial charge < -0.3 is 9.15 Å². The molecule has 0 N–H and O–H groups in total. The highest BCUT2D eigenvalue weighted by Gasteiger charge is 2.48. The van der Waals surface area contributed by atoms with Gasteiger partial charge in [0.2, 0.25) is 0 Å². The first-order valence-corrected chi connectivity index (χ1v) is 8.81. The summed E-state index contributed by atoms with van der Waals surface area (Å²) >= 11 is 0. The monoisotopic (exact) mass is 440 g/mol. The molecular weight excluding hydrogens is 427 g/mol. The molecule has 0 atom stereocenters. The van der Waals surface area contributed by atoms with E-state index in [-0.39, 0.29) is 16.5 Å². The van der Waals surface area contributed by atoms with Crippen LogP contribution < -0.4 is 5.63 Å². The van der Waals surface area contributed by atoms with E-state index >= 15 is 0 Å². The SMILES string of the molecule is CCOC(=O)C(F)(F)c1c(-c2ccccc2)c2cc(C(=O)C(F)(F)F)ccc2oc1=O. The number of hydrogen-bond acceptors (Lipinski definition) is 5. The van der Waals surface area contributed by atoms with Gasteiger partial charge >= 0.3 is 23.7 Å². The molecule has 5 nitrogen and oxygen atoms in total. The van der Waals surface area contributed by atoms with Gasteiger partial charge in [0.1, 0.15) is 11.1 Å². The van der Waals surface area contributed by atoms with Crippen molar-refractivity contribution in [1.82, 2.24) is 0 Å². The lowest BCUT2D eigenvalue weighted by Gasteiger charge is -2.19. The van der Waals surface area contributed by atoms with Crippen molar-refractivity contribution in [2.24, 2.45) is 0 Å².